The summed E-state index contributed by atoms with van der Waals surface area (Å²) in [5.41, 5.74) is 1.51. The van der Waals surface area contributed by atoms with Crippen LogP contribution in [0, 0.1) is 0 Å². The second-order valence-electron chi connectivity index (χ2n) is 7.54. The van der Waals surface area contributed by atoms with Gasteiger partial charge in [-0.2, -0.15) is 0 Å². The van der Waals surface area contributed by atoms with E-state index in [1.807, 2.05) is 32.0 Å². The summed E-state index contributed by atoms with van der Waals surface area (Å²) in [5, 5.41) is 3.19. The van der Waals surface area contributed by atoms with Gasteiger partial charge in [0.2, 0.25) is 0 Å². The van der Waals surface area contributed by atoms with Gasteiger partial charge in [-0.1, -0.05) is 35.9 Å². The fourth-order valence-corrected chi connectivity index (χ4v) is 5.05. The maximum Gasteiger partial charge on any atom is 0.287 e. The molecule has 1 aromatic heterocycles. The molecule has 0 saturated heterocycles. The molecule has 1 heterocycles. The van der Waals surface area contributed by atoms with E-state index in [9.17, 15) is 13.2 Å². The standard InChI is InChI=1S/C25H28ClNO6S/c1-3-31-22-11-9-18(15-24(22)32-4-2)13-14-27-25(28)23-12-10-20(33-23)17-34(29,30)16-19-7-5-6-8-21(19)26/h5-12,15H,3-4,13-14,16-17H2,1-2H3,(H,27,28). The van der Waals surface area contributed by atoms with Crippen LogP contribution in [-0.4, -0.2) is 34.1 Å². The molecule has 0 aliphatic rings. The lowest BCUT2D eigenvalue weighted by Gasteiger charge is -2.12. The molecule has 182 valence electrons. The molecule has 0 aliphatic carbocycles. The van der Waals surface area contributed by atoms with Crippen molar-refractivity contribution in [2.75, 3.05) is 19.8 Å². The summed E-state index contributed by atoms with van der Waals surface area (Å²) < 4.78 is 41.7. The molecule has 0 spiro atoms. The predicted molar refractivity (Wildman–Crippen MR) is 131 cm³/mol. The maximum absolute atomic E-state index is 12.5. The third kappa shape index (κ3) is 7.27. The van der Waals surface area contributed by atoms with Crippen molar-refractivity contribution in [3.8, 4) is 11.5 Å². The van der Waals surface area contributed by atoms with Crippen molar-refractivity contribution in [3.63, 3.8) is 0 Å². The Morgan fingerprint density at radius 3 is 2.44 bits per heavy atom. The van der Waals surface area contributed by atoms with Crippen LogP contribution in [0.15, 0.2) is 59.0 Å². The molecule has 0 bridgehead atoms. The number of carbonyl (C=O) groups excluding carboxylic acids is 1. The molecular weight excluding hydrogens is 478 g/mol. The lowest BCUT2D eigenvalue weighted by atomic mass is 10.1. The molecule has 0 atom stereocenters. The van der Waals surface area contributed by atoms with E-state index < -0.39 is 15.7 Å². The van der Waals surface area contributed by atoms with Crippen LogP contribution in [0.5, 0.6) is 11.5 Å². The molecule has 7 nitrogen and oxygen atoms in total. The SMILES string of the molecule is CCOc1ccc(CCNC(=O)c2ccc(CS(=O)(=O)Cc3ccccc3Cl)o2)cc1OCC. The third-order valence-corrected chi connectivity index (χ3v) is 6.73. The predicted octanol–water partition coefficient (Wildman–Crippen LogP) is 4.82. The van der Waals surface area contributed by atoms with Crippen LogP contribution in [0.25, 0.3) is 0 Å². The third-order valence-electron chi connectivity index (χ3n) is 4.89. The average Bonchev–Trinajstić information content (AvgIpc) is 3.25. The topological polar surface area (TPSA) is 94.8 Å². The Labute approximate surface area is 204 Å². The molecule has 1 amide bonds. The first kappa shape index (κ1) is 25.6. The highest BCUT2D eigenvalue weighted by Crippen LogP contribution is 2.28. The van der Waals surface area contributed by atoms with Gasteiger partial charge in [0.1, 0.15) is 11.5 Å². The molecule has 3 rings (SSSR count). The van der Waals surface area contributed by atoms with E-state index in [2.05, 4.69) is 5.32 Å². The van der Waals surface area contributed by atoms with Crippen molar-refractivity contribution in [2.45, 2.75) is 31.8 Å². The van der Waals surface area contributed by atoms with E-state index in [4.69, 9.17) is 25.5 Å². The fourth-order valence-electron chi connectivity index (χ4n) is 3.36. The molecule has 9 heteroatoms. The zero-order valence-corrected chi connectivity index (χ0v) is 20.7. The van der Waals surface area contributed by atoms with E-state index in [1.54, 1.807) is 24.3 Å². The minimum absolute atomic E-state index is 0.0599. The number of hydrogen-bond acceptors (Lipinski definition) is 6. The van der Waals surface area contributed by atoms with Crippen molar-refractivity contribution in [1.29, 1.82) is 0 Å². The number of nitrogens with one attached hydrogen (secondary N) is 1. The summed E-state index contributed by atoms with van der Waals surface area (Å²) in [7, 11) is -3.52. The van der Waals surface area contributed by atoms with Gasteiger partial charge in [-0.15, -0.1) is 0 Å². The maximum atomic E-state index is 12.5. The van der Waals surface area contributed by atoms with Gasteiger partial charge in [0.15, 0.2) is 27.1 Å². The van der Waals surface area contributed by atoms with E-state index in [-0.39, 0.29) is 23.0 Å². The molecule has 0 unspecified atom stereocenters. The Hall–Kier alpha value is -2.97. The minimum Gasteiger partial charge on any atom is -0.490 e. The first-order valence-corrected chi connectivity index (χ1v) is 13.2. The van der Waals surface area contributed by atoms with Gasteiger partial charge in [-0.25, -0.2) is 8.42 Å². The van der Waals surface area contributed by atoms with E-state index in [0.717, 1.165) is 5.56 Å². The van der Waals surface area contributed by atoms with Gasteiger partial charge >= 0.3 is 0 Å². The number of rotatable bonds is 12. The van der Waals surface area contributed by atoms with Crippen LogP contribution in [0.3, 0.4) is 0 Å². The molecule has 3 aromatic rings. The van der Waals surface area contributed by atoms with Crippen molar-refractivity contribution in [1.82, 2.24) is 5.32 Å². The van der Waals surface area contributed by atoms with Gasteiger partial charge in [0.25, 0.3) is 5.91 Å². The highest BCUT2D eigenvalue weighted by molar-refractivity contribution is 7.89. The van der Waals surface area contributed by atoms with Gasteiger partial charge < -0.3 is 19.2 Å². The lowest BCUT2D eigenvalue weighted by molar-refractivity contribution is 0.0925. The summed E-state index contributed by atoms with van der Waals surface area (Å²) in [6.07, 6.45) is 0.581. The molecule has 0 fully saturated rings. The highest BCUT2D eigenvalue weighted by Gasteiger charge is 2.19. The zero-order valence-electron chi connectivity index (χ0n) is 19.2. The van der Waals surface area contributed by atoms with E-state index in [0.29, 0.717) is 48.3 Å². The smallest absolute Gasteiger partial charge is 0.287 e. The Morgan fingerprint density at radius 1 is 0.971 bits per heavy atom. The number of furan rings is 1. The second kappa shape index (κ2) is 11.9. The molecular formula is C25H28ClNO6S. The summed E-state index contributed by atoms with van der Waals surface area (Å²) in [5.74, 6) is 0.672. The van der Waals surface area contributed by atoms with Crippen LogP contribution < -0.4 is 14.8 Å². The summed E-state index contributed by atoms with van der Waals surface area (Å²) in [4.78, 5) is 12.4. The van der Waals surface area contributed by atoms with Crippen LogP contribution >= 0.6 is 11.6 Å². The Bertz CT molecular complexity index is 1220. The normalized spacial score (nSPS) is 11.3. The van der Waals surface area contributed by atoms with Crippen LogP contribution in [0.1, 0.15) is 41.3 Å². The van der Waals surface area contributed by atoms with Crippen LogP contribution in [-0.2, 0) is 27.8 Å². The fraction of sp³-hybridized carbons (Fsp3) is 0.320. The molecule has 1 N–H and O–H groups in total. The molecule has 34 heavy (non-hydrogen) atoms. The quantitative estimate of drug-likeness (QED) is 0.379. The number of ether oxygens (including phenoxy) is 2. The van der Waals surface area contributed by atoms with E-state index >= 15 is 0 Å². The number of amides is 1. The molecule has 0 radical (unpaired) electrons. The van der Waals surface area contributed by atoms with Crippen LogP contribution in [0.4, 0.5) is 0 Å². The summed E-state index contributed by atoms with van der Waals surface area (Å²) in [6.45, 7) is 5.26. The number of sulfone groups is 1. The molecule has 0 aliphatic heterocycles. The minimum atomic E-state index is -3.52. The number of benzene rings is 2. The lowest BCUT2D eigenvalue weighted by Crippen LogP contribution is -2.25. The summed E-state index contributed by atoms with van der Waals surface area (Å²) in [6, 6.07) is 15.4. The van der Waals surface area contributed by atoms with Crippen LogP contribution in [0.2, 0.25) is 5.02 Å². The van der Waals surface area contributed by atoms with Gasteiger partial charge in [0.05, 0.1) is 19.0 Å². The highest BCUT2D eigenvalue weighted by atomic mass is 35.5. The average molecular weight is 506 g/mol. The second-order valence-corrected chi connectivity index (χ2v) is 10.0. The molecule has 2 aromatic carbocycles. The molecule has 0 saturated carbocycles. The van der Waals surface area contributed by atoms with Crippen molar-refractivity contribution in [2.24, 2.45) is 0 Å². The van der Waals surface area contributed by atoms with Gasteiger partial charge in [0, 0.05) is 11.6 Å². The summed E-state index contributed by atoms with van der Waals surface area (Å²) >= 11 is 6.06. The number of carbonyl (C=O) groups is 1. The van der Waals surface area contributed by atoms with Gasteiger partial charge in [-0.3, -0.25) is 4.79 Å². The zero-order chi connectivity index (χ0) is 24.6. The first-order chi connectivity index (χ1) is 16.3. The van der Waals surface area contributed by atoms with E-state index in [1.165, 1.54) is 12.1 Å². The first-order valence-electron chi connectivity index (χ1n) is 11.0. The van der Waals surface area contributed by atoms with Gasteiger partial charge in [-0.05, 0) is 61.7 Å². The van der Waals surface area contributed by atoms with Crippen molar-refractivity contribution in [3.05, 3.63) is 82.3 Å². The monoisotopic (exact) mass is 505 g/mol. The Morgan fingerprint density at radius 2 is 1.71 bits per heavy atom. The largest absolute Gasteiger partial charge is 0.490 e. The number of hydrogen-bond donors (Lipinski definition) is 1. The van der Waals surface area contributed by atoms with Crippen molar-refractivity contribution < 1.29 is 27.1 Å². The van der Waals surface area contributed by atoms with Crippen molar-refractivity contribution >= 4 is 27.3 Å². The Kier molecular flexibility index (Phi) is 9.01. The number of halogens is 1. The Balaban J connectivity index is 1.54.